The van der Waals surface area contributed by atoms with Gasteiger partial charge in [0.1, 0.15) is 0 Å². The summed E-state index contributed by atoms with van der Waals surface area (Å²) in [5.41, 5.74) is 8.56. The summed E-state index contributed by atoms with van der Waals surface area (Å²) in [6, 6.07) is 5.81. The van der Waals surface area contributed by atoms with Crippen molar-refractivity contribution in [1.82, 2.24) is 4.90 Å². The minimum atomic E-state index is 0.110. The number of hydrogen-bond acceptors (Lipinski definition) is 3. The molecule has 1 aromatic carbocycles. The van der Waals surface area contributed by atoms with Gasteiger partial charge < -0.3 is 16.0 Å². The SMILES string of the molecule is Cc1ccc(N)c(NCCC(=O)N(C)C)c1. The summed E-state index contributed by atoms with van der Waals surface area (Å²) >= 11 is 0. The third-order valence-electron chi connectivity index (χ3n) is 2.36. The standard InChI is InChI=1S/C12H19N3O/c1-9-4-5-10(13)11(8-9)14-7-6-12(16)15(2)3/h4-5,8,14H,6-7,13H2,1-3H3. The van der Waals surface area contributed by atoms with Gasteiger partial charge in [0, 0.05) is 27.1 Å². The molecule has 0 aromatic heterocycles. The molecular formula is C12H19N3O. The molecule has 0 heterocycles. The van der Waals surface area contributed by atoms with Crippen LogP contribution in [0.2, 0.25) is 0 Å². The van der Waals surface area contributed by atoms with Crippen LogP contribution in [0, 0.1) is 6.92 Å². The molecule has 88 valence electrons. The Morgan fingerprint density at radius 1 is 1.44 bits per heavy atom. The summed E-state index contributed by atoms with van der Waals surface area (Å²) in [7, 11) is 3.51. The highest BCUT2D eigenvalue weighted by Gasteiger charge is 2.04. The molecule has 0 bridgehead atoms. The fourth-order valence-electron chi connectivity index (χ4n) is 1.35. The third-order valence-corrected chi connectivity index (χ3v) is 2.36. The Morgan fingerprint density at radius 3 is 2.75 bits per heavy atom. The number of carbonyl (C=O) groups excluding carboxylic acids is 1. The molecule has 1 aromatic rings. The van der Waals surface area contributed by atoms with Crippen LogP contribution in [0.25, 0.3) is 0 Å². The first-order valence-corrected chi connectivity index (χ1v) is 5.31. The van der Waals surface area contributed by atoms with Crippen LogP contribution in [0.3, 0.4) is 0 Å². The quantitative estimate of drug-likeness (QED) is 0.757. The molecule has 0 fully saturated rings. The lowest BCUT2D eigenvalue weighted by atomic mass is 10.2. The zero-order valence-corrected chi connectivity index (χ0v) is 10.1. The van der Waals surface area contributed by atoms with E-state index in [0.717, 1.165) is 11.3 Å². The summed E-state index contributed by atoms with van der Waals surface area (Å²) in [4.78, 5) is 12.9. The number of hydrogen-bond donors (Lipinski definition) is 2. The van der Waals surface area contributed by atoms with Crippen LogP contribution >= 0.6 is 0 Å². The summed E-state index contributed by atoms with van der Waals surface area (Å²) in [5.74, 6) is 0.110. The smallest absolute Gasteiger partial charge is 0.223 e. The van der Waals surface area contributed by atoms with Crippen molar-refractivity contribution < 1.29 is 4.79 Å². The van der Waals surface area contributed by atoms with Gasteiger partial charge in [0.25, 0.3) is 0 Å². The van der Waals surface area contributed by atoms with Crippen LogP contribution in [0.1, 0.15) is 12.0 Å². The Morgan fingerprint density at radius 2 is 2.12 bits per heavy atom. The molecule has 4 heteroatoms. The van der Waals surface area contributed by atoms with Crippen LogP contribution in [-0.2, 0) is 4.79 Å². The number of carbonyl (C=O) groups is 1. The summed E-state index contributed by atoms with van der Waals surface area (Å²) in [6.45, 7) is 2.61. The van der Waals surface area contributed by atoms with Crippen molar-refractivity contribution in [3.05, 3.63) is 23.8 Å². The lowest BCUT2D eigenvalue weighted by molar-refractivity contribution is -0.128. The fraction of sp³-hybridized carbons (Fsp3) is 0.417. The largest absolute Gasteiger partial charge is 0.397 e. The Balaban J connectivity index is 2.49. The minimum Gasteiger partial charge on any atom is -0.397 e. The molecule has 0 radical (unpaired) electrons. The van der Waals surface area contributed by atoms with Gasteiger partial charge in [-0.05, 0) is 24.6 Å². The summed E-state index contributed by atoms with van der Waals surface area (Å²) in [6.07, 6.45) is 0.473. The predicted molar refractivity (Wildman–Crippen MR) is 67.4 cm³/mol. The molecule has 0 aliphatic heterocycles. The van der Waals surface area contributed by atoms with Gasteiger partial charge in [0.15, 0.2) is 0 Å². The van der Waals surface area contributed by atoms with Crippen molar-refractivity contribution in [2.75, 3.05) is 31.7 Å². The van der Waals surface area contributed by atoms with Crippen LogP contribution in [0.15, 0.2) is 18.2 Å². The zero-order valence-electron chi connectivity index (χ0n) is 10.1. The van der Waals surface area contributed by atoms with Gasteiger partial charge in [0.05, 0.1) is 11.4 Å². The van der Waals surface area contributed by atoms with Crippen molar-refractivity contribution in [3.8, 4) is 0 Å². The molecule has 16 heavy (non-hydrogen) atoms. The second kappa shape index (κ2) is 5.39. The molecule has 0 saturated heterocycles. The number of anilines is 2. The molecule has 0 aliphatic rings. The van der Waals surface area contributed by atoms with Gasteiger partial charge in [-0.2, -0.15) is 0 Å². The molecule has 0 aliphatic carbocycles. The van der Waals surface area contributed by atoms with E-state index in [9.17, 15) is 4.79 Å². The van der Waals surface area contributed by atoms with Crippen molar-refractivity contribution in [1.29, 1.82) is 0 Å². The normalized spacial score (nSPS) is 9.94. The average molecular weight is 221 g/mol. The number of nitrogens with one attached hydrogen (secondary N) is 1. The lowest BCUT2D eigenvalue weighted by Gasteiger charge is -2.12. The molecule has 4 nitrogen and oxygen atoms in total. The Labute approximate surface area is 96.4 Å². The van der Waals surface area contributed by atoms with E-state index in [2.05, 4.69) is 5.32 Å². The van der Waals surface area contributed by atoms with E-state index >= 15 is 0 Å². The first-order chi connectivity index (χ1) is 7.50. The number of amides is 1. The Bertz CT molecular complexity index is 375. The second-order valence-corrected chi connectivity index (χ2v) is 4.06. The van der Waals surface area contributed by atoms with E-state index in [1.165, 1.54) is 0 Å². The lowest BCUT2D eigenvalue weighted by Crippen LogP contribution is -2.24. The average Bonchev–Trinajstić information content (AvgIpc) is 2.22. The zero-order chi connectivity index (χ0) is 12.1. The topological polar surface area (TPSA) is 58.4 Å². The first-order valence-electron chi connectivity index (χ1n) is 5.31. The number of nitrogens with zero attached hydrogens (tertiary/aromatic N) is 1. The van der Waals surface area contributed by atoms with Gasteiger partial charge in [-0.25, -0.2) is 0 Å². The number of aryl methyl sites for hydroxylation is 1. The summed E-state index contributed by atoms with van der Waals surface area (Å²) in [5, 5.41) is 3.17. The number of rotatable bonds is 4. The molecule has 1 amide bonds. The maximum Gasteiger partial charge on any atom is 0.223 e. The highest BCUT2D eigenvalue weighted by molar-refractivity contribution is 5.76. The van der Waals surface area contributed by atoms with Crippen LogP contribution in [0.5, 0.6) is 0 Å². The molecular weight excluding hydrogens is 202 g/mol. The molecule has 0 saturated carbocycles. The molecule has 3 N–H and O–H groups in total. The van der Waals surface area contributed by atoms with Crippen LogP contribution in [0.4, 0.5) is 11.4 Å². The van der Waals surface area contributed by atoms with Gasteiger partial charge in [-0.1, -0.05) is 6.07 Å². The van der Waals surface area contributed by atoms with E-state index in [1.54, 1.807) is 19.0 Å². The van der Waals surface area contributed by atoms with Gasteiger partial charge in [-0.3, -0.25) is 4.79 Å². The maximum absolute atomic E-state index is 11.3. The fourth-order valence-corrected chi connectivity index (χ4v) is 1.35. The van der Waals surface area contributed by atoms with Crippen molar-refractivity contribution in [3.63, 3.8) is 0 Å². The van der Waals surface area contributed by atoms with E-state index in [-0.39, 0.29) is 5.91 Å². The number of nitrogen functional groups attached to an aromatic ring is 1. The highest BCUT2D eigenvalue weighted by Crippen LogP contribution is 2.19. The highest BCUT2D eigenvalue weighted by atomic mass is 16.2. The van der Waals surface area contributed by atoms with E-state index in [4.69, 9.17) is 5.73 Å². The molecule has 0 atom stereocenters. The molecule has 0 spiro atoms. The summed E-state index contributed by atoms with van der Waals surface area (Å²) < 4.78 is 0. The Hall–Kier alpha value is -1.71. The minimum absolute atomic E-state index is 0.110. The predicted octanol–water partition coefficient (Wildman–Crippen LogP) is 1.47. The van der Waals surface area contributed by atoms with E-state index < -0.39 is 0 Å². The van der Waals surface area contributed by atoms with E-state index in [1.807, 2.05) is 25.1 Å². The van der Waals surface area contributed by atoms with Gasteiger partial charge >= 0.3 is 0 Å². The van der Waals surface area contributed by atoms with Crippen molar-refractivity contribution in [2.45, 2.75) is 13.3 Å². The van der Waals surface area contributed by atoms with E-state index in [0.29, 0.717) is 18.7 Å². The van der Waals surface area contributed by atoms with Gasteiger partial charge in [-0.15, -0.1) is 0 Å². The Kier molecular flexibility index (Phi) is 4.17. The monoisotopic (exact) mass is 221 g/mol. The molecule has 0 unspecified atom stereocenters. The molecule has 1 rings (SSSR count). The number of nitrogens with two attached hydrogens (primary N) is 1. The van der Waals surface area contributed by atoms with Crippen LogP contribution in [-0.4, -0.2) is 31.4 Å². The van der Waals surface area contributed by atoms with Crippen LogP contribution < -0.4 is 11.1 Å². The van der Waals surface area contributed by atoms with Crippen molar-refractivity contribution >= 4 is 17.3 Å². The van der Waals surface area contributed by atoms with Gasteiger partial charge in [0.2, 0.25) is 5.91 Å². The first kappa shape index (κ1) is 12.4. The second-order valence-electron chi connectivity index (χ2n) is 4.06. The third kappa shape index (κ3) is 3.46. The number of benzene rings is 1. The van der Waals surface area contributed by atoms with Crippen molar-refractivity contribution in [2.24, 2.45) is 0 Å². The maximum atomic E-state index is 11.3.